The number of rotatable bonds is 5. The number of terminal acetylenes is 1. The average Bonchev–Trinajstić information content (AvgIpc) is 2.40. The van der Waals surface area contributed by atoms with Crippen LogP contribution in [0.25, 0.3) is 0 Å². The molecule has 20 heavy (non-hydrogen) atoms. The van der Waals surface area contributed by atoms with Crippen molar-refractivity contribution in [1.82, 2.24) is 5.32 Å². The van der Waals surface area contributed by atoms with Gasteiger partial charge in [-0.05, 0) is 18.6 Å². The minimum absolute atomic E-state index is 0.00531. The first-order valence-electron chi connectivity index (χ1n) is 6.16. The summed E-state index contributed by atoms with van der Waals surface area (Å²) in [6, 6.07) is 1.10. The molecule has 0 saturated carbocycles. The van der Waals surface area contributed by atoms with Crippen molar-refractivity contribution in [3.8, 4) is 12.3 Å². The van der Waals surface area contributed by atoms with E-state index in [1.165, 1.54) is 0 Å². The SMILES string of the molecule is C#Cc1cc(F)c(NC(=O)NCC(O)CCC)c(F)c1. The summed E-state index contributed by atoms with van der Waals surface area (Å²) >= 11 is 0. The van der Waals surface area contributed by atoms with E-state index < -0.39 is 29.5 Å². The Morgan fingerprint density at radius 2 is 2.05 bits per heavy atom. The number of halogens is 2. The zero-order valence-corrected chi connectivity index (χ0v) is 11.0. The van der Waals surface area contributed by atoms with Crippen LogP contribution >= 0.6 is 0 Å². The highest BCUT2D eigenvalue weighted by molar-refractivity contribution is 5.89. The van der Waals surface area contributed by atoms with Crippen molar-refractivity contribution in [2.75, 3.05) is 11.9 Å². The number of carbonyl (C=O) groups is 1. The zero-order valence-electron chi connectivity index (χ0n) is 11.0. The molecule has 1 unspecified atom stereocenters. The molecule has 2 amide bonds. The molecule has 0 radical (unpaired) electrons. The maximum Gasteiger partial charge on any atom is 0.319 e. The smallest absolute Gasteiger partial charge is 0.319 e. The summed E-state index contributed by atoms with van der Waals surface area (Å²) in [5, 5.41) is 13.8. The van der Waals surface area contributed by atoms with Crippen LogP contribution in [-0.2, 0) is 0 Å². The second-order valence-corrected chi connectivity index (χ2v) is 4.24. The lowest BCUT2D eigenvalue weighted by molar-refractivity contribution is 0.162. The Labute approximate surface area is 116 Å². The summed E-state index contributed by atoms with van der Waals surface area (Å²) in [7, 11) is 0. The molecule has 1 atom stereocenters. The van der Waals surface area contributed by atoms with Gasteiger partial charge in [0.05, 0.1) is 6.10 Å². The van der Waals surface area contributed by atoms with Crippen molar-refractivity contribution in [2.45, 2.75) is 25.9 Å². The first-order chi connectivity index (χ1) is 9.47. The standard InChI is InChI=1S/C14H16F2N2O2/c1-3-5-10(19)8-17-14(20)18-13-11(15)6-9(4-2)7-12(13)16/h2,6-7,10,19H,3,5,8H2,1H3,(H2,17,18,20). The topological polar surface area (TPSA) is 61.4 Å². The van der Waals surface area contributed by atoms with Gasteiger partial charge in [0.15, 0.2) is 11.6 Å². The lowest BCUT2D eigenvalue weighted by atomic mass is 10.2. The molecule has 6 heteroatoms. The van der Waals surface area contributed by atoms with E-state index in [2.05, 4.69) is 11.2 Å². The minimum Gasteiger partial charge on any atom is -0.391 e. The zero-order chi connectivity index (χ0) is 15.1. The van der Waals surface area contributed by atoms with Gasteiger partial charge < -0.3 is 15.7 Å². The number of benzene rings is 1. The first kappa shape index (κ1) is 15.9. The largest absolute Gasteiger partial charge is 0.391 e. The Morgan fingerprint density at radius 3 is 2.55 bits per heavy atom. The predicted molar refractivity (Wildman–Crippen MR) is 72.2 cm³/mol. The number of nitrogens with one attached hydrogen (secondary N) is 2. The van der Waals surface area contributed by atoms with Crippen molar-refractivity contribution in [2.24, 2.45) is 0 Å². The molecule has 1 rings (SSSR count). The van der Waals surface area contributed by atoms with Crippen LogP contribution in [0, 0.1) is 24.0 Å². The Bertz CT molecular complexity index is 503. The van der Waals surface area contributed by atoms with Gasteiger partial charge in [0.1, 0.15) is 5.69 Å². The molecule has 0 fully saturated rings. The predicted octanol–water partition coefficient (Wildman–Crippen LogP) is 2.23. The van der Waals surface area contributed by atoms with Gasteiger partial charge in [-0.2, -0.15) is 0 Å². The molecule has 0 spiro atoms. The molecule has 0 aromatic heterocycles. The van der Waals surface area contributed by atoms with Crippen LogP contribution in [-0.4, -0.2) is 23.8 Å². The van der Waals surface area contributed by atoms with Crippen LogP contribution in [0.1, 0.15) is 25.3 Å². The second-order valence-electron chi connectivity index (χ2n) is 4.24. The number of hydrogen-bond acceptors (Lipinski definition) is 2. The van der Waals surface area contributed by atoms with Crippen LogP contribution in [0.4, 0.5) is 19.3 Å². The van der Waals surface area contributed by atoms with E-state index >= 15 is 0 Å². The fourth-order valence-electron chi connectivity index (χ4n) is 1.58. The summed E-state index contributed by atoms with van der Waals surface area (Å²) in [5.41, 5.74) is -0.532. The number of hydrogen-bond donors (Lipinski definition) is 3. The van der Waals surface area contributed by atoms with Crippen molar-refractivity contribution >= 4 is 11.7 Å². The lowest BCUT2D eigenvalue weighted by Gasteiger charge is -2.12. The summed E-state index contributed by atoms with van der Waals surface area (Å²) in [4.78, 5) is 11.5. The maximum absolute atomic E-state index is 13.6. The van der Waals surface area contributed by atoms with Crippen LogP contribution < -0.4 is 10.6 Å². The summed E-state index contributed by atoms with van der Waals surface area (Å²) in [6.07, 6.45) is 5.64. The third kappa shape index (κ3) is 4.52. The van der Waals surface area contributed by atoms with E-state index in [9.17, 15) is 18.7 Å². The van der Waals surface area contributed by atoms with Gasteiger partial charge in [-0.15, -0.1) is 6.42 Å². The van der Waals surface area contributed by atoms with Crippen LogP contribution in [0.15, 0.2) is 12.1 Å². The highest BCUT2D eigenvalue weighted by Gasteiger charge is 2.14. The molecule has 3 N–H and O–H groups in total. The van der Waals surface area contributed by atoms with Crippen molar-refractivity contribution in [3.05, 3.63) is 29.3 Å². The number of urea groups is 1. The molecule has 1 aromatic rings. The van der Waals surface area contributed by atoms with Crippen LogP contribution in [0.5, 0.6) is 0 Å². The Kier molecular flexibility index (Phi) is 5.94. The number of anilines is 1. The average molecular weight is 282 g/mol. The molecular weight excluding hydrogens is 266 g/mol. The van der Waals surface area contributed by atoms with E-state index in [4.69, 9.17) is 6.42 Å². The lowest BCUT2D eigenvalue weighted by Crippen LogP contribution is -2.35. The molecule has 108 valence electrons. The molecule has 0 aliphatic carbocycles. The summed E-state index contributed by atoms with van der Waals surface area (Å²) in [5.74, 6) is 0.189. The normalized spacial score (nSPS) is 11.6. The van der Waals surface area contributed by atoms with Gasteiger partial charge in [0, 0.05) is 12.1 Å². The molecule has 0 bridgehead atoms. The summed E-state index contributed by atoms with van der Waals surface area (Å²) < 4.78 is 27.1. The van der Waals surface area contributed by atoms with Crippen LogP contribution in [0.2, 0.25) is 0 Å². The van der Waals surface area contributed by atoms with Gasteiger partial charge in [-0.25, -0.2) is 13.6 Å². The van der Waals surface area contributed by atoms with Crippen molar-refractivity contribution < 1.29 is 18.7 Å². The fraction of sp³-hybridized carbons (Fsp3) is 0.357. The van der Waals surface area contributed by atoms with Crippen molar-refractivity contribution in [1.29, 1.82) is 0 Å². The fourth-order valence-corrected chi connectivity index (χ4v) is 1.58. The monoisotopic (exact) mass is 282 g/mol. The van der Waals surface area contributed by atoms with E-state index in [0.717, 1.165) is 18.6 Å². The Morgan fingerprint density at radius 1 is 1.45 bits per heavy atom. The second kappa shape index (κ2) is 7.46. The third-order valence-corrected chi connectivity index (χ3v) is 2.57. The number of aliphatic hydroxyl groups is 1. The maximum atomic E-state index is 13.6. The van der Waals surface area contributed by atoms with E-state index in [0.29, 0.717) is 6.42 Å². The quantitative estimate of drug-likeness (QED) is 0.725. The van der Waals surface area contributed by atoms with Gasteiger partial charge in [-0.1, -0.05) is 19.3 Å². The summed E-state index contributed by atoms with van der Waals surface area (Å²) in [6.45, 7) is 1.90. The van der Waals surface area contributed by atoms with E-state index in [-0.39, 0.29) is 12.1 Å². The number of carbonyl (C=O) groups excluding carboxylic acids is 1. The molecule has 0 aliphatic rings. The first-order valence-corrected chi connectivity index (χ1v) is 6.16. The van der Waals surface area contributed by atoms with Crippen molar-refractivity contribution in [3.63, 3.8) is 0 Å². The molecule has 0 heterocycles. The number of aliphatic hydroxyl groups excluding tert-OH is 1. The highest BCUT2D eigenvalue weighted by atomic mass is 19.1. The van der Waals surface area contributed by atoms with Gasteiger partial charge in [0.2, 0.25) is 0 Å². The van der Waals surface area contributed by atoms with Crippen LogP contribution in [0.3, 0.4) is 0 Å². The molecular formula is C14H16F2N2O2. The van der Waals surface area contributed by atoms with E-state index in [1.807, 2.05) is 12.2 Å². The molecule has 0 saturated heterocycles. The Balaban J connectivity index is 2.65. The van der Waals surface area contributed by atoms with Gasteiger partial charge >= 0.3 is 6.03 Å². The third-order valence-electron chi connectivity index (χ3n) is 2.57. The van der Waals surface area contributed by atoms with Gasteiger partial charge in [-0.3, -0.25) is 0 Å². The molecule has 1 aromatic carbocycles. The molecule has 0 aliphatic heterocycles. The highest BCUT2D eigenvalue weighted by Crippen LogP contribution is 2.20. The van der Waals surface area contributed by atoms with Gasteiger partial charge in [0.25, 0.3) is 0 Å². The van der Waals surface area contributed by atoms with E-state index in [1.54, 1.807) is 0 Å². The number of amides is 2. The Hall–Kier alpha value is -2.13. The minimum atomic E-state index is -0.956. The molecule has 4 nitrogen and oxygen atoms in total.